The summed E-state index contributed by atoms with van der Waals surface area (Å²) in [6.07, 6.45) is 3.38. The Labute approximate surface area is 78.6 Å². The van der Waals surface area contributed by atoms with Crippen LogP contribution in [0.25, 0.3) is 0 Å². The van der Waals surface area contributed by atoms with E-state index in [9.17, 15) is 0 Å². The molecule has 0 amide bonds. The van der Waals surface area contributed by atoms with Crippen LogP contribution in [0.1, 0.15) is 18.1 Å². The third-order valence-electron chi connectivity index (χ3n) is 1.92. The summed E-state index contributed by atoms with van der Waals surface area (Å²) in [5.41, 5.74) is 1.71. The minimum atomic E-state index is 0.627. The fourth-order valence-corrected chi connectivity index (χ4v) is 1.06. The lowest BCUT2D eigenvalue weighted by Gasteiger charge is -2.12. The molecule has 0 spiro atoms. The van der Waals surface area contributed by atoms with E-state index in [1.807, 2.05) is 13.1 Å². The summed E-state index contributed by atoms with van der Waals surface area (Å²) in [7, 11) is 2.04. The van der Waals surface area contributed by atoms with E-state index in [1.54, 1.807) is 12.4 Å². The molecule has 0 fully saturated rings. The predicted octanol–water partition coefficient (Wildman–Crippen LogP) is 1.40. The standard InChI is InChI=1S/C10H13N3/c1-3-13(2)8-10-4-9(5-11)6-12-7-10/h4,6-7H,3,8H2,1-2H3. The van der Waals surface area contributed by atoms with Gasteiger partial charge in [0.15, 0.2) is 0 Å². The molecule has 0 N–H and O–H groups in total. The summed E-state index contributed by atoms with van der Waals surface area (Å²) in [6, 6.07) is 3.95. The van der Waals surface area contributed by atoms with Crippen LogP contribution < -0.4 is 0 Å². The average molecular weight is 175 g/mol. The molecule has 3 nitrogen and oxygen atoms in total. The molecule has 13 heavy (non-hydrogen) atoms. The summed E-state index contributed by atoms with van der Waals surface area (Å²) in [6.45, 7) is 3.94. The second-order valence-corrected chi connectivity index (χ2v) is 3.02. The minimum Gasteiger partial charge on any atom is -0.302 e. The molecule has 68 valence electrons. The van der Waals surface area contributed by atoms with Gasteiger partial charge in [-0.05, 0) is 25.2 Å². The first-order chi connectivity index (χ1) is 6.26. The van der Waals surface area contributed by atoms with Crippen LogP contribution in [0.4, 0.5) is 0 Å². The molecule has 0 aromatic carbocycles. The smallest absolute Gasteiger partial charge is 0.101 e. The fourth-order valence-electron chi connectivity index (χ4n) is 1.06. The third-order valence-corrected chi connectivity index (χ3v) is 1.92. The second-order valence-electron chi connectivity index (χ2n) is 3.02. The molecule has 0 aliphatic rings. The van der Waals surface area contributed by atoms with E-state index in [1.165, 1.54) is 0 Å². The number of nitrogens with zero attached hydrogens (tertiary/aromatic N) is 3. The number of pyridine rings is 1. The van der Waals surface area contributed by atoms with Gasteiger partial charge in [0, 0.05) is 18.9 Å². The van der Waals surface area contributed by atoms with Gasteiger partial charge in [-0.25, -0.2) is 0 Å². The van der Waals surface area contributed by atoms with Crippen molar-refractivity contribution >= 4 is 0 Å². The van der Waals surface area contributed by atoms with E-state index in [-0.39, 0.29) is 0 Å². The molecule has 0 atom stereocenters. The molecular weight excluding hydrogens is 162 g/mol. The van der Waals surface area contributed by atoms with E-state index >= 15 is 0 Å². The molecule has 0 saturated heterocycles. The Bertz CT molecular complexity index is 314. The van der Waals surface area contributed by atoms with E-state index < -0.39 is 0 Å². The minimum absolute atomic E-state index is 0.627. The molecule has 0 unspecified atom stereocenters. The Morgan fingerprint density at radius 3 is 2.92 bits per heavy atom. The first kappa shape index (κ1) is 9.69. The molecule has 0 bridgehead atoms. The molecule has 3 heteroatoms. The summed E-state index contributed by atoms with van der Waals surface area (Å²) in [5.74, 6) is 0. The largest absolute Gasteiger partial charge is 0.302 e. The number of aromatic nitrogens is 1. The van der Waals surface area contributed by atoms with Gasteiger partial charge >= 0.3 is 0 Å². The van der Waals surface area contributed by atoms with Gasteiger partial charge in [0.05, 0.1) is 5.56 Å². The van der Waals surface area contributed by atoms with Crippen molar-refractivity contribution in [3.63, 3.8) is 0 Å². The lowest BCUT2D eigenvalue weighted by molar-refractivity contribution is 0.345. The maximum absolute atomic E-state index is 8.65. The zero-order valence-electron chi connectivity index (χ0n) is 7.99. The van der Waals surface area contributed by atoms with Gasteiger partial charge in [-0.15, -0.1) is 0 Å². The molecule has 0 saturated carbocycles. The first-order valence-electron chi connectivity index (χ1n) is 4.29. The van der Waals surface area contributed by atoms with Crippen LogP contribution in [0.3, 0.4) is 0 Å². The second kappa shape index (κ2) is 4.58. The van der Waals surface area contributed by atoms with Gasteiger partial charge in [-0.1, -0.05) is 6.92 Å². The van der Waals surface area contributed by atoms with E-state index in [2.05, 4.69) is 22.9 Å². The van der Waals surface area contributed by atoms with Gasteiger partial charge in [0.1, 0.15) is 6.07 Å². The van der Waals surface area contributed by atoms with Crippen molar-refractivity contribution in [1.82, 2.24) is 9.88 Å². The normalized spacial score (nSPS) is 10.0. The summed E-state index contributed by atoms with van der Waals surface area (Å²) < 4.78 is 0. The SMILES string of the molecule is CCN(C)Cc1cncc(C#N)c1. The van der Waals surface area contributed by atoms with E-state index in [4.69, 9.17) is 5.26 Å². The molecule has 0 aliphatic carbocycles. The molecule has 1 aromatic rings. The summed E-state index contributed by atoms with van der Waals surface area (Å²) in [4.78, 5) is 6.16. The highest BCUT2D eigenvalue weighted by Gasteiger charge is 1.99. The van der Waals surface area contributed by atoms with Crippen molar-refractivity contribution in [2.24, 2.45) is 0 Å². The highest BCUT2D eigenvalue weighted by molar-refractivity contribution is 5.28. The zero-order chi connectivity index (χ0) is 9.68. The predicted molar refractivity (Wildman–Crippen MR) is 51.0 cm³/mol. The van der Waals surface area contributed by atoms with Crippen molar-refractivity contribution < 1.29 is 0 Å². The van der Waals surface area contributed by atoms with Gasteiger partial charge < -0.3 is 4.90 Å². The molecule has 1 rings (SSSR count). The summed E-state index contributed by atoms with van der Waals surface area (Å²) in [5, 5.41) is 8.65. The van der Waals surface area contributed by atoms with Gasteiger partial charge in [-0.2, -0.15) is 5.26 Å². The lowest BCUT2D eigenvalue weighted by atomic mass is 10.2. The van der Waals surface area contributed by atoms with Crippen molar-refractivity contribution in [3.8, 4) is 6.07 Å². The highest BCUT2D eigenvalue weighted by Crippen LogP contribution is 2.03. The van der Waals surface area contributed by atoms with Crippen molar-refractivity contribution in [2.75, 3.05) is 13.6 Å². The number of hydrogen-bond acceptors (Lipinski definition) is 3. The number of nitriles is 1. The Kier molecular flexibility index (Phi) is 3.41. The van der Waals surface area contributed by atoms with Crippen LogP contribution in [0.2, 0.25) is 0 Å². The Balaban J connectivity index is 2.73. The van der Waals surface area contributed by atoms with Crippen molar-refractivity contribution in [2.45, 2.75) is 13.5 Å². The number of rotatable bonds is 3. The Hall–Kier alpha value is -1.40. The third kappa shape index (κ3) is 2.85. The lowest BCUT2D eigenvalue weighted by Crippen LogP contribution is -2.16. The fraction of sp³-hybridized carbons (Fsp3) is 0.400. The van der Waals surface area contributed by atoms with Gasteiger partial charge in [0.25, 0.3) is 0 Å². The molecule has 1 aromatic heterocycles. The van der Waals surface area contributed by atoms with Crippen LogP contribution >= 0.6 is 0 Å². The molecule has 0 aliphatic heterocycles. The van der Waals surface area contributed by atoms with Gasteiger partial charge in [-0.3, -0.25) is 4.98 Å². The first-order valence-corrected chi connectivity index (χ1v) is 4.29. The van der Waals surface area contributed by atoms with Crippen molar-refractivity contribution in [3.05, 3.63) is 29.6 Å². The van der Waals surface area contributed by atoms with Crippen LogP contribution in [-0.2, 0) is 6.54 Å². The highest BCUT2D eigenvalue weighted by atomic mass is 15.1. The monoisotopic (exact) mass is 175 g/mol. The van der Waals surface area contributed by atoms with Gasteiger partial charge in [0.2, 0.25) is 0 Å². The van der Waals surface area contributed by atoms with Crippen LogP contribution in [0, 0.1) is 11.3 Å². The summed E-state index contributed by atoms with van der Waals surface area (Å²) >= 11 is 0. The van der Waals surface area contributed by atoms with Crippen LogP contribution in [0.5, 0.6) is 0 Å². The quantitative estimate of drug-likeness (QED) is 0.697. The van der Waals surface area contributed by atoms with Crippen molar-refractivity contribution in [1.29, 1.82) is 5.26 Å². The molecule has 0 radical (unpaired) electrons. The van der Waals surface area contributed by atoms with E-state index in [0.717, 1.165) is 18.7 Å². The van der Waals surface area contributed by atoms with E-state index in [0.29, 0.717) is 5.56 Å². The Morgan fingerprint density at radius 1 is 1.54 bits per heavy atom. The molecular formula is C10H13N3. The average Bonchev–Trinajstić information content (AvgIpc) is 2.18. The maximum Gasteiger partial charge on any atom is 0.101 e. The van der Waals surface area contributed by atoms with Crippen LogP contribution in [0.15, 0.2) is 18.5 Å². The topological polar surface area (TPSA) is 39.9 Å². The molecule has 1 heterocycles. The Morgan fingerprint density at radius 2 is 2.31 bits per heavy atom. The maximum atomic E-state index is 8.65. The number of hydrogen-bond donors (Lipinski definition) is 0. The zero-order valence-corrected chi connectivity index (χ0v) is 7.99. The van der Waals surface area contributed by atoms with Crippen LogP contribution in [-0.4, -0.2) is 23.5 Å².